The number of rotatable bonds is 5. The van der Waals surface area contributed by atoms with Gasteiger partial charge in [0.05, 0.1) is 4.90 Å². The minimum Gasteiger partial charge on any atom is -0.354 e. The molecule has 7 heteroatoms. The maximum absolute atomic E-state index is 12.7. The van der Waals surface area contributed by atoms with Gasteiger partial charge in [0.15, 0.2) is 0 Å². The van der Waals surface area contributed by atoms with Gasteiger partial charge < -0.3 is 5.32 Å². The standard InChI is InChI=1S/C15H20N2O4S/c1-3-10-16-15(19)13-8-9-14(18)17(13)22(20,21)12-6-4-11(2)5-7-12/h4-7,13H,3,8-10H2,1-2H3,(H,16,19)/t13-/m1/s1. The van der Waals surface area contributed by atoms with Crippen molar-refractivity contribution in [3.05, 3.63) is 29.8 Å². The summed E-state index contributed by atoms with van der Waals surface area (Å²) in [6, 6.07) is 5.29. The second kappa shape index (κ2) is 6.48. The highest BCUT2D eigenvalue weighted by atomic mass is 32.2. The van der Waals surface area contributed by atoms with Crippen LogP contribution in [0.25, 0.3) is 0 Å². The summed E-state index contributed by atoms with van der Waals surface area (Å²) in [5, 5.41) is 2.66. The maximum atomic E-state index is 12.7. The number of sulfonamides is 1. The smallest absolute Gasteiger partial charge is 0.267 e. The van der Waals surface area contributed by atoms with Crippen LogP contribution in [0.1, 0.15) is 31.7 Å². The van der Waals surface area contributed by atoms with Gasteiger partial charge in [0.2, 0.25) is 11.8 Å². The molecule has 1 aliphatic heterocycles. The first-order valence-electron chi connectivity index (χ1n) is 7.29. The van der Waals surface area contributed by atoms with Crippen molar-refractivity contribution in [3.63, 3.8) is 0 Å². The fraction of sp³-hybridized carbons (Fsp3) is 0.467. The predicted molar refractivity (Wildman–Crippen MR) is 81.5 cm³/mol. The molecule has 1 aromatic rings. The van der Waals surface area contributed by atoms with Crippen molar-refractivity contribution in [2.45, 2.75) is 44.0 Å². The summed E-state index contributed by atoms with van der Waals surface area (Å²) in [4.78, 5) is 24.2. The Morgan fingerprint density at radius 1 is 1.32 bits per heavy atom. The highest BCUT2D eigenvalue weighted by Gasteiger charge is 2.43. The van der Waals surface area contributed by atoms with Crippen LogP contribution in [0.5, 0.6) is 0 Å². The minimum absolute atomic E-state index is 0.0293. The summed E-state index contributed by atoms with van der Waals surface area (Å²) < 4.78 is 26.1. The molecule has 1 fully saturated rings. The summed E-state index contributed by atoms with van der Waals surface area (Å²) in [7, 11) is -4.00. The monoisotopic (exact) mass is 324 g/mol. The van der Waals surface area contributed by atoms with Crippen molar-refractivity contribution >= 4 is 21.8 Å². The molecule has 0 radical (unpaired) electrons. The topological polar surface area (TPSA) is 83.6 Å². The molecule has 0 spiro atoms. The molecule has 0 aliphatic carbocycles. The summed E-state index contributed by atoms with van der Waals surface area (Å²) >= 11 is 0. The largest absolute Gasteiger partial charge is 0.354 e. The average molecular weight is 324 g/mol. The molecule has 6 nitrogen and oxygen atoms in total. The SMILES string of the molecule is CCCNC(=O)[C@H]1CCC(=O)N1S(=O)(=O)c1ccc(C)cc1. The van der Waals surface area contributed by atoms with Gasteiger partial charge in [-0.15, -0.1) is 0 Å². The molecule has 2 rings (SSSR count). The molecule has 0 bridgehead atoms. The molecular formula is C15H20N2O4S. The van der Waals surface area contributed by atoms with Gasteiger partial charge in [-0.2, -0.15) is 0 Å². The van der Waals surface area contributed by atoms with Crippen molar-refractivity contribution in [2.75, 3.05) is 6.54 Å². The molecule has 2 amide bonds. The zero-order chi connectivity index (χ0) is 16.3. The molecular weight excluding hydrogens is 304 g/mol. The van der Waals surface area contributed by atoms with Crippen molar-refractivity contribution in [1.82, 2.24) is 9.62 Å². The summed E-state index contributed by atoms with van der Waals surface area (Å²) in [5.41, 5.74) is 0.920. The lowest BCUT2D eigenvalue weighted by Gasteiger charge is -2.23. The lowest BCUT2D eigenvalue weighted by Crippen LogP contribution is -2.47. The van der Waals surface area contributed by atoms with Crippen LogP contribution in [0.2, 0.25) is 0 Å². The lowest BCUT2D eigenvalue weighted by atomic mass is 10.2. The highest BCUT2D eigenvalue weighted by molar-refractivity contribution is 7.89. The van der Waals surface area contributed by atoms with Gasteiger partial charge in [-0.05, 0) is 31.9 Å². The van der Waals surface area contributed by atoms with Crippen molar-refractivity contribution in [3.8, 4) is 0 Å². The van der Waals surface area contributed by atoms with Crippen LogP contribution in [0.15, 0.2) is 29.2 Å². The van der Waals surface area contributed by atoms with Gasteiger partial charge in [0, 0.05) is 13.0 Å². The molecule has 0 saturated carbocycles. The van der Waals surface area contributed by atoms with Gasteiger partial charge in [-0.1, -0.05) is 24.6 Å². The van der Waals surface area contributed by atoms with E-state index in [1.165, 1.54) is 12.1 Å². The van der Waals surface area contributed by atoms with Gasteiger partial charge in [-0.25, -0.2) is 12.7 Å². The van der Waals surface area contributed by atoms with Gasteiger partial charge >= 0.3 is 0 Å². The van der Waals surface area contributed by atoms with Gasteiger partial charge in [0.1, 0.15) is 6.04 Å². The average Bonchev–Trinajstić information content (AvgIpc) is 2.88. The van der Waals surface area contributed by atoms with E-state index in [-0.39, 0.29) is 17.7 Å². The number of carbonyl (C=O) groups is 2. The predicted octanol–water partition coefficient (Wildman–Crippen LogP) is 1.20. The van der Waals surface area contributed by atoms with Crippen LogP contribution in [0, 0.1) is 6.92 Å². The normalized spacial score (nSPS) is 18.5. The lowest BCUT2D eigenvalue weighted by molar-refractivity contribution is -0.130. The van der Waals surface area contributed by atoms with E-state index in [1.54, 1.807) is 12.1 Å². The van der Waals surface area contributed by atoms with E-state index in [2.05, 4.69) is 5.32 Å². The Balaban J connectivity index is 2.32. The number of benzene rings is 1. The van der Waals surface area contributed by atoms with Crippen LogP contribution in [-0.2, 0) is 19.6 Å². The van der Waals surface area contributed by atoms with Gasteiger partial charge in [0.25, 0.3) is 10.0 Å². The molecule has 0 unspecified atom stereocenters. The van der Waals surface area contributed by atoms with E-state index in [1.807, 2.05) is 13.8 Å². The van der Waals surface area contributed by atoms with E-state index in [0.717, 1.165) is 16.3 Å². The second-order valence-corrected chi connectivity index (χ2v) is 7.17. The third kappa shape index (κ3) is 3.14. The van der Waals surface area contributed by atoms with E-state index < -0.39 is 27.9 Å². The van der Waals surface area contributed by atoms with Crippen LogP contribution in [0.3, 0.4) is 0 Å². The molecule has 0 aromatic heterocycles. The Labute approximate surface area is 130 Å². The number of amides is 2. The first kappa shape index (κ1) is 16.5. The molecule has 1 aliphatic rings. The Morgan fingerprint density at radius 3 is 2.55 bits per heavy atom. The first-order valence-corrected chi connectivity index (χ1v) is 8.73. The van der Waals surface area contributed by atoms with Crippen LogP contribution >= 0.6 is 0 Å². The van der Waals surface area contributed by atoms with E-state index in [9.17, 15) is 18.0 Å². The van der Waals surface area contributed by atoms with E-state index >= 15 is 0 Å². The molecule has 1 heterocycles. The van der Waals surface area contributed by atoms with Crippen LogP contribution in [0.4, 0.5) is 0 Å². The quantitative estimate of drug-likeness (QED) is 0.882. The molecule has 1 aromatic carbocycles. The minimum atomic E-state index is -4.00. The zero-order valence-corrected chi connectivity index (χ0v) is 13.5. The second-order valence-electron chi connectivity index (χ2n) is 5.35. The Bertz CT molecular complexity index is 667. The number of hydrogen-bond donors (Lipinski definition) is 1. The first-order chi connectivity index (χ1) is 10.4. The number of nitrogens with zero attached hydrogens (tertiary/aromatic N) is 1. The maximum Gasteiger partial charge on any atom is 0.267 e. The van der Waals surface area contributed by atoms with Crippen molar-refractivity contribution < 1.29 is 18.0 Å². The number of aryl methyl sites for hydroxylation is 1. The molecule has 1 N–H and O–H groups in total. The molecule has 22 heavy (non-hydrogen) atoms. The number of nitrogens with one attached hydrogen (secondary N) is 1. The third-order valence-electron chi connectivity index (χ3n) is 3.59. The fourth-order valence-corrected chi connectivity index (χ4v) is 3.99. The molecule has 1 saturated heterocycles. The van der Waals surface area contributed by atoms with Crippen molar-refractivity contribution in [1.29, 1.82) is 0 Å². The molecule has 120 valence electrons. The third-order valence-corrected chi connectivity index (χ3v) is 5.43. The summed E-state index contributed by atoms with van der Waals surface area (Å²) in [6.45, 7) is 4.21. The Hall–Kier alpha value is -1.89. The summed E-state index contributed by atoms with van der Waals surface area (Å²) in [6.07, 6.45) is 1.03. The van der Waals surface area contributed by atoms with Crippen LogP contribution in [-0.4, -0.2) is 37.1 Å². The van der Waals surface area contributed by atoms with Crippen LogP contribution < -0.4 is 5.32 Å². The fourth-order valence-electron chi connectivity index (χ4n) is 2.39. The Morgan fingerprint density at radius 2 is 1.95 bits per heavy atom. The van der Waals surface area contributed by atoms with E-state index in [0.29, 0.717) is 6.54 Å². The zero-order valence-electron chi connectivity index (χ0n) is 12.7. The van der Waals surface area contributed by atoms with Gasteiger partial charge in [-0.3, -0.25) is 9.59 Å². The Kier molecular flexibility index (Phi) is 4.85. The number of carbonyl (C=O) groups excluding carboxylic acids is 2. The summed E-state index contributed by atoms with van der Waals surface area (Å²) in [5.74, 6) is -0.944. The number of hydrogen-bond acceptors (Lipinski definition) is 4. The highest BCUT2D eigenvalue weighted by Crippen LogP contribution is 2.27. The van der Waals surface area contributed by atoms with Crippen molar-refractivity contribution in [2.24, 2.45) is 0 Å². The molecule has 1 atom stereocenters. The van der Waals surface area contributed by atoms with E-state index in [4.69, 9.17) is 0 Å².